The topological polar surface area (TPSA) is 172 Å². The first-order valence-corrected chi connectivity index (χ1v) is 8.26. The number of aliphatic hydroxyl groups is 5. The lowest BCUT2D eigenvalue weighted by molar-refractivity contribution is -0.122. The van der Waals surface area contributed by atoms with Crippen molar-refractivity contribution < 1.29 is 30.3 Å². The zero-order valence-electron chi connectivity index (χ0n) is 14.1. The molecular weight excluding hydrogens is 342 g/mol. The predicted octanol–water partition coefficient (Wildman–Crippen LogP) is -2.41. The van der Waals surface area contributed by atoms with Gasteiger partial charge in [0.15, 0.2) is 0 Å². The van der Waals surface area contributed by atoms with Crippen molar-refractivity contribution in [2.45, 2.75) is 36.9 Å². The second-order valence-corrected chi connectivity index (χ2v) is 6.23. The van der Waals surface area contributed by atoms with Crippen molar-refractivity contribution in [3.8, 4) is 0 Å². The summed E-state index contributed by atoms with van der Waals surface area (Å²) < 4.78 is 0. The van der Waals surface area contributed by atoms with E-state index in [0.717, 1.165) is 16.5 Å². The van der Waals surface area contributed by atoms with E-state index >= 15 is 0 Å². The Kier molecular flexibility index (Phi) is 7.09. The third kappa shape index (κ3) is 4.79. The van der Waals surface area contributed by atoms with Gasteiger partial charge in [0, 0.05) is 23.6 Å². The van der Waals surface area contributed by atoms with E-state index in [1.165, 1.54) is 0 Å². The molecule has 0 saturated heterocycles. The summed E-state index contributed by atoms with van der Waals surface area (Å²) in [5.41, 5.74) is 7.19. The van der Waals surface area contributed by atoms with Crippen LogP contribution < -0.4 is 11.1 Å². The number of carbonyl (C=O) groups is 1. The second kappa shape index (κ2) is 9.08. The number of primary amides is 1. The van der Waals surface area contributed by atoms with Crippen LogP contribution in [-0.2, 0) is 11.2 Å². The smallest absolute Gasteiger partial charge is 0.234 e. The summed E-state index contributed by atoms with van der Waals surface area (Å²) in [6, 6.07) is 6.76. The van der Waals surface area contributed by atoms with Crippen LogP contribution in [0.3, 0.4) is 0 Å². The van der Waals surface area contributed by atoms with E-state index in [1.54, 1.807) is 6.20 Å². The van der Waals surface area contributed by atoms with Crippen LogP contribution in [-0.4, -0.2) is 80.0 Å². The molecule has 9 nitrogen and oxygen atoms in total. The van der Waals surface area contributed by atoms with E-state index in [9.17, 15) is 25.2 Å². The van der Waals surface area contributed by atoms with Gasteiger partial charge in [0.05, 0.1) is 18.8 Å². The van der Waals surface area contributed by atoms with Crippen LogP contribution in [0.1, 0.15) is 5.56 Å². The Labute approximate surface area is 150 Å². The van der Waals surface area contributed by atoms with Crippen molar-refractivity contribution in [1.29, 1.82) is 0 Å². The molecule has 0 spiro atoms. The molecule has 0 bridgehead atoms. The zero-order chi connectivity index (χ0) is 19.3. The molecule has 0 fully saturated rings. The van der Waals surface area contributed by atoms with Gasteiger partial charge in [-0.05, 0) is 18.1 Å². The van der Waals surface area contributed by atoms with Gasteiger partial charge in [0.1, 0.15) is 18.3 Å². The molecule has 5 atom stereocenters. The maximum atomic E-state index is 11.7. The maximum absolute atomic E-state index is 11.7. The number of hydrogen-bond donors (Lipinski definition) is 8. The van der Waals surface area contributed by atoms with Gasteiger partial charge in [0.25, 0.3) is 0 Å². The van der Waals surface area contributed by atoms with Crippen molar-refractivity contribution in [3.05, 3.63) is 36.0 Å². The molecule has 2 aromatic rings. The number of hydrogen-bond acceptors (Lipinski definition) is 7. The standard InChI is InChI=1S/C17H25N3O6/c18-17(26)12(5-9-6-19-11-4-2-1-3-10(9)11)20-7-13(22)15(24)16(25)14(23)8-21/h1-4,6,12-16,19-25H,5,7-8H2,(H2,18,26)/t12-,13+,14-,15-,16-/m1/s1. The first-order valence-electron chi connectivity index (χ1n) is 8.26. The number of amides is 1. The zero-order valence-corrected chi connectivity index (χ0v) is 14.1. The molecule has 0 unspecified atom stereocenters. The van der Waals surface area contributed by atoms with Crippen LogP contribution >= 0.6 is 0 Å². The molecule has 9 heteroatoms. The summed E-state index contributed by atoms with van der Waals surface area (Å²) in [5, 5.41) is 51.2. The molecule has 1 aromatic carbocycles. The van der Waals surface area contributed by atoms with E-state index in [0.29, 0.717) is 0 Å². The van der Waals surface area contributed by atoms with Crippen molar-refractivity contribution in [3.63, 3.8) is 0 Å². The molecule has 0 saturated carbocycles. The van der Waals surface area contributed by atoms with Gasteiger partial charge >= 0.3 is 0 Å². The fourth-order valence-corrected chi connectivity index (χ4v) is 2.74. The summed E-state index contributed by atoms with van der Waals surface area (Å²) >= 11 is 0. The van der Waals surface area contributed by atoms with Crippen molar-refractivity contribution in [1.82, 2.24) is 10.3 Å². The van der Waals surface area contributed by atoms with Crippen molar-refractivity contribution in [2.24, 2.45) is 5.73 Å². The van der Waals surface area contributed by atoms with Gasteiger partial charge < -0.3 is 41.6 Å². The summed E-state index contributed by atoms with van der Waals surface area (Å²) in [6.07, 6.45) is -4.45. The number of benzene rings is 1. The lowest BCUT2D eigenvalue weighted by Gasteiger charge is -2.27. The highest BCUT2D eigenvalue weighted by molar-refractivity contribution is 5.85. The average molecular weight is 367 g/mol. The van der Waals surface area contributed by atoms with Gasteiger partial charge in [-0.3, -0.25) is 4.79 Å². The van der Waals surface area contributed by atoms with Crippen LogP contribution in [0.4, 0.5) is 0 Å². The number of nitrogens with two attached hydrogens (primary N) is 1. The minimum Gasteiger partial charge on any atom is -0.394 e. The van der Waals surface area contributed by atoms with E-state index in [-0.39, 0.29) is 13.0 Å². The third-order valence-electron chi connectivity index (χ3n) is 4.34. The Bertz CT molecular complexity index is 721. The number of para-hydroxylation sites is 1. The second-order valence-electron chi connectivity index (χ2n) is 6.23. The molecule has 1 amide bonds. The Hall–Kier alpha value is -2.01. The highest BCUT2D eigenvalue weighted by Crippen LogP contribution is 2.19. The summed E-state index contributed by atoms with van der Waals surface area (Å²) in [6.45, 7) is -1.00. The molecule has 0 aliphatic heterocycles. The van der Waals surface area contributed by atoms with Gasteiger partial charge in [-0.2, -0.15) is 0 Å². The Balaban J connectivity index is 1.99. The van der Waals surface area contributed by atoms with Crippen LogP contribution in [0.2, 0.25) is 0 Å². The maximum Gasteiger partial charge on any atom is 0.234 e. The largest absolute Gasteiger partial charge is 0.394 e. The number of carbonyl (C=O) groups excluding carboxylic acids is 1. The minimum atomic E-state index is -1.72. The fraction of sp³-hybridized carbons (Fsp3) is 0.471. The monoisotopic (exact) mass is 367 g/mol. The molecule has 0 radical (unpaired) electrons. The Morgan fingerprint density at radius 1 is 1.12 bits per heavy atom. The van der Waals surface area contributed by atoms with Crippen molar-refractivity contribution >= 4 is 16.8 Å². The molecule has 9 N–H and O–H groups in total. The van der Waals surface area contributed by atoms with E-state index in [2.05, 4.69) is 10.3 Å². The minimum absolute atomic E-state index is 0.244. The summed E-state index contributed by atoms with van der Waals surface area (Å²) in [7, 11) is 0. The average Bonchev–Trinajstić information content (AvgIpc) is 3.05. The molecule has 0 aliphatic rings. The van der Waals surface area contributed by atoms with E-state index in [1.807, 2.05) is 24.3 Å². The number of aliphatic hydroxyl groups excluding tert-OH is 5. The first kappa shape index (κ1) is 20.3. The first-order chi connectivity index (χ1) is 12.3. The van der Waals surface area contributed by atoms with Crippen LogP contribution in [0.15, 0.2) is 30.5 Å². The summed E-state index contributed by atoms with van der Waals surface area (Å²) in [4.78, 5) is 14.8. The number of aromatic amines is 1. The van der Waals surface area contributed by atoms with Gasteiger partial charge in [0.2, 0.25) is 5.91 Å². The van der Waals surface area contributed by atoms with Crippen LogP contribution in [0.5, 0.6) is 0 Å². The molecule has 1 aromatic heterocycles. The normalized spacial score (nSPS) is 17.6. The Morgan fingerprint density at radius 2 is 1.77 bits per heavy atom. The van der Waals surface area contributed by atoms with Gasteiger partial charge in [-0.1, -0.05) is 18.2 Å². The molecule has 144 valence electrons. The van der Waals surface area contributed by atoms with Crippen LogP contribution in [0, 0.1) is 0 Å². The van der Waals surface area contributed by atoms with Crippen LogP contribution in [0.25, 0.3) is 10.9 Å². The third-order valence-corrected chi connectivity index (χ3v) is 4.34. The number of fused-ring (bicyclic) bond motifs is 1. The fourth-order valence-electron chi connectivity index (χ4n) is 2.74. The highest BCUT2D eigenvalue weighted by Gasteiger charge is 2.30. The molecule has 26 heavy (non-hydrogen) atoms. The number of H-pyrrole nitrogens is 1. The quantitative estimate of drug-likeness (QED) is 0.231. The molecule has 1 heterocycles. The van der Waals surface area contributed by atoms with E-state index < -0.39 is 43.0 Å². The SMILES string of the molecule is NC(=O)[C@@H](Cc1c[nH]c2ccccc12)NC[C@H](O)[C@@H](O)[C@H](O)[C@H](O)CO. The molecule has 0 aliphatic carbocycles. The lowest BCUT2D eigenvalue weighted by atomic mass is 10.0. The van der Waals surface area contributed by atoms with E-state index in [4.69, 9.17) is 10.8 Å². The van der Waals surface area contributed by atoms with Gasteiger partial charge in [-0.15, -0.1) is 0 Å². The number of aromatic nitrogens is 1. The van der Waals surface area contributed by atoms with Gasteiger partial charge in [-0.25, -0.2) is 0 Å². The lowest BCUT2D eigenvalue weighted by Crippen LogP contribution is -2.52. The summed E-state index contributed by atoms with van der Waals surface area (Å²) in [5.74, 6) is -0.632. The number of rotatable bonds is 10. The Morgan fingerprint density at radius 3 is 2.42 bits per heavy atom. The molecular formula is C17H25N3O6. The molecule has 2 rings (SSSR count). The number of nitrogens with one attached hydrogen (secondary N) is 2. The van der Waals surface area contributed by atoms with Crippen molar-refractivity contribution in [2.75, 3.05) is 13.2 Å². The predicted molar refractivity (Wildman–Crippen MR) is 94.1 cm³/mol. The highest BCUT2D eigenvalue weighted by atomic mass is 16.4.